The standard InChI is InChI=1S/C8H14N4OS/c1-6(13)4-5-14-8-9-10-11-12(8)7-2-3-7/h6-7,13H,2-5H2,1H3. The Morgan fingerprint density at radius 2 is 2.43 bits per heavy atom. The topological polar surface area (TPSA) is 63.8 Å². The Kier molecular flexibility index (Phi) is 3.02. The van der Waals surface area contributed by atoms with Crippen molar-refractivity contribution in [2.75, 3.05) is 5.75 Å². The van der Waals surface area contributed by atoms with Gasteiger partial charge in [0.25, 0.3) is 0 Å². The molecule has 1 aromatic rings. The van der Waals surface area contributed by atoms with Crippen molar-refractivity contribution < 1.29 is 5.11 Å². The van der Waals surface area contributed by atoms with Crippen LogP contribution in [0.5, 0.6) is 0 Å². The van der Waals surface area contributed by atoms with Gasteiger partial charge in [-0.1, -0.05) is 11.8 Å². The van der Waals surface area contributed by atoms with Crippen LogP contribution in [0.4, 0.5) is 0 Å². The highest BCUT2D eigenvalue weighted by atomic mass is 32.2. The molecule has 0 aromatic carbocycles. The number of thioether (sulfide) groups is 1. The summed E-state index contributed by atoms with van der Waals surface area (Å²) in [4.78, 5) is 0. The molecule has 2 rings (SSSR count). The van der Waals surface area contributed by atoms with Crippen molar-refractivity contribution in [3.63, 3.8) is 0 Å². The van der Waals surface area contributed by atoms with Gasteiger partial charge >= 0.3 is 0 Å². The molecule has 0 bridgehead atoms. The van der Waals surface area contributed by atoms with Gasteiger partial charge in [-0.15, -0.1) is 5.10 Å². The Morgan fingerprint density at radius 1 is 1.64 bits per heavy atom. The van der Waals surface area contributed by atoms with E-state index >= 15 is 0 Å². The fourth-order valence-corrected chi connectivity index (χ4v) is 2.20. The predicted molar refractivity (Wildman–Crippen MR) is 53.1 cm³/mol. The first-order valence-electron chi connectivity index (χ1n) is 4.86. The summed E-state index contributed by atoms with van der Waals surface area (Å²) in [6.07, 6.45) is 2.92. The second-order valence-electron chi connectivity index (χ2n) is 3.62. The Bertz CT molecular complexity index is 297. The summed E-state index contributed by atoms with van der Waals surface area (Å²) >= 11 is 1.62. The van der Waals surface area contributed by atoms with Crippen molar-refractivity contribution in [2.45, 2.75) is 43.5 Å². The normalized spacial score (nSPS) is 18.4. The average molecular weight is 214 g/mol. The summed E-state index contributed by atoms with van der Waals surface area (Å²) in [5.41, 5.74) is 0. The van der Waals surface area contributed by atoms with Crippen LogP contribution < -0.4 is 0 Å². The van der Waals surface area contributed by atoms with Crippen molar-refractivity contribution >= 4 is 11.8 Å². The molecule has 78 valence electrons. The molecule has 6 heteroatoms. The van der Waals surface area contributed by atoms with Crippen molar-refractivity contribution in [1.29, 1.82) is 0 Å². The van der Waals surface area contributed by atoms with Gasteiger partial charge in [-0.05, 0) is 36.6 Å². The molecule has 1 aromatic heterocycles. The van der Waals surface area contributed by atoms with E-state index in [2.05, 4.69) is 15.5 Å². The fraction of sp³-hybridized carbons (Fsp3) is 0.875. The van der Waals surface area contributed by atoms with Gasteiger partial charge in [0.15, 0.2) is 0 Å². The summed E-state index contributed by atoms with van der Waals surface area (Å²) in [5, 5.41) is 21.5. The monoisotopic (exact) mass is 214 g/mol. The third-order valence-corrected chi connectivity index (χ3v) is 3.09. The number of aliphatic hydroxyl groups excluding tert-OH is 1. The Balaban J connectivity index is 1.85. The maximum atomic E-state index is 9.10. The molecule has 1 atom stereocenters. The van der Waals surface area contributed by atoms with Crippen molar-refractivity contribution in [1.82, 2.24) is 20.2 Å². The van der Waals surface area contributed by atoms with Crippen LogP contribution in [0.2, 0.25) is 0 Å². The molecule has 0 spiro atoms. The van der Waals surface area contributed by atoms with E-state index in [9.17, 15) is 0 Å². The molecule has 14 heavy (non-hydrogen) atoms. The van der Waals surface area contributed by atoms with Crippen LogP contribution in [0.3, 0.4) is 0 Å². The zero-order chi connectivity index (χ0) is 9.97. The fourth-order valence-electron chi connectivity index (χ4n) is 1.15. The lowest BCUT2D eigenvalue weighted by Crippen LogP contribution is -2.03. The molecule has 1 fully saturated rings. The van der Waals surface area contributed by atoms with Crippen LogP contribution in [-0.4, -0.2) is 37.2 Å². The Morgan fingerprint density at radius 3 is 3.07 bits per heavy atom. The molecule has 1 saturated carbocycles. The van der Waals surface area contributed by atoms with Crippen LogP contribution in [0.25, 0.3) is 0 Å². The molecule has 1 N–H and O–H groups in total. The summed E-state index contributed by atoms with van der Waals surface area (Å²) in [6.45, 7) is 1.80. The second kappa shape index (κ2) is 4.27. The molecule has 0 saturated heterocycles. The molecule has 0 amide bonds. The maximum Gasteiger partial charge on any atom is 0.209 e. The minimum atomic E-state index is -0.243. The first kappa shape index (κ1) is 9.92. The lowest BCUT2D eigenvalue weighted by Gasteiger charge is -2.03. The highest BCUT2D eigenvalue weighted by Gasteiger charge is 2.27. The number of rotatable bonds is 5. The van der Waals surface area contributed by atoms with Gasteiger partial charge in [0.2, 0.25) is 5.16 Å². The quantitative estimate of drug-likeness (QED) is 0.737. The SMILES string of the molecule is CC(O)CCSc1nnnn1C1CC1. The molecule has 0 radical (unpaired) electrons. The molecule has 1 aliphatic carbocycles. The zero-order valence-corrected chi connectivity index (χ0v) is 8.94. The van der Waals surface area contributed by atoms with E-state index in [1.54, 1.807) is 18.7 Å². The largest absolute Gasteiger partial charge is 0.393 e. The molecular weight excluding hydrogens is 200 g/mol. The van der Waals surface area contributed by atoms with Crippen LogP contribution in [-0.2, 0) is 0 Å². The van der Waals surface area contributed by atoms with E-state index in [0.717, 1.165) is 17.3 Å². The van der Waals surface area contributed by atoms with Crippen LogP contribution in [0.1, 0.15) is 32.2 Å². The number of hydrogen-bond acceptors (Lipinski definition) is 5. The van der Waals surface area contributed by atoms with Crippen molar-refractivity contribution in [2.24, 2.45) is 0 Å². The van der Waals surface area contributed by atoms with Gasteiger partial charge in [0.1, 0.15) is 0 Å². The van der Waals surface area contributed by atoms with Crippen LogP contribution >= 0.6 is 11.8 Å². The summed E-state index contributed by atoms with van der Waals surface area (Å²) in [5.74, 6) is 0.866. The molecule has 1 aliphatic rings. The van der Waals surface area contributed by atoms with Gasteiger partial charge in [-0.2, -0.15) is 0 Å². The average Bonchev–Trinajstić information content (AvgIpc) is 2.87. The smallest absolute Gasteiger partial charge is 0.209 e. The highest BCUT2D eigenvalue weighted by molar-refractivity contribution is 7.99. The molecule has 0 aliphatic heterocycles. The third kappa shape index (κ3) is 2.45. The minimum absolute atomic E-state index is 0.243. The van der Waals surface area contributed by atoms with E-state index in [4.69, 9.17) is 5.11 Å². The molecule has 1 unspecified atom stereocenters. The van der Waals surface area contributed by atoms with Crippen LogP contribution in [0, 0.1) is 0 Å². The van der Waals surface area contributed by atoms with E-state index < -0.39 is 0 Å². The summed E-state index contributed by atoms with van der Waals surface area (Å²) in [6, 6.07) is 0.527. The van der Waals surface area contributed by atoms with Gasteiger partial charge in [-0.25, -0.2) is 4.68 Å². The highest BCUT2D eigenvalue weighted by Crippen LogP contribution is 2.36. The number of aliphatic hydroxyl groups is 1. The van der Waals surface area contributed by atoms with Gasteiger partial charge in [0, 0.05) is 5.75 Å². The van der Waals surface area contributed by atoms with Crippen LogP contribution in [0.15, 0.2) is 5.16 Å². The number of tetrazole rings is 1. The van der Waals surface area contributed by atoms with E-state index in [0.29, 0.717) is 6.04 Å². The predicted octanol–water partition coefficient (Wildman–Crippen LogP) is 0.871. The molecular formula is C8H14N4OS. The third-order valence-electron chi connectivity index (χ3n) is 2.12. The van der Waals surface area contributed by atoms with Crippen molar-refractivity contribution in [3.05, 3.63) is 0 Å². The molecule has 5 nitrogen and oxygen atoms in total. The minimum Gasteiger partial charge on any atom is -0.393 e. The van der Waals surface area contributed by atoms with Crippen molar-refractivity contribution in [3.8, 4) is 0 Å². The lowest BCUT2D eigenvalue weighted by atomic mass is 10.3. The Hall–Kier alpha value is -0.620. The second-order valence-corrected chi connectivity index (χ2v) is 4.69. The maximum absolute atomic E-state index is 9.10. The summed E-state index contributed by atoms with van der Waals surface area (Å²) in [7, 11) is 0. The summed E-state index contributed by atoms with van der Waals surface area (Å²) < 4.78 is 1.90. The van der Waals surface area contributed by atoms with E-state index in [-0.39, 0.29) is 6.10 Å². The first-order chi connectivity index (χ1) is 6.77. The zero-order valence-electron chi connectivity index (χ0n) is 8.13. The number of nitrogens with zero attached hydrogens (tertiary/aromatic N) is 4. The van der Waals surface area contributed by atoms with Gasteiger partial charge in [0.05, 0.1) is 12.1 Å². The lowest BCUT2D eigenvalue weighted by molar-refractivity contribution is 0.192. The first-order valence-corrected chi connectivity index (χ1v) is 5.84. The van der Waals surface area contributed by atoms with E-state index in [1.165, 1.54) is 12.8 Å². The number of hydrogen-bond donors (Lipinski definition) is 1. The van der Waals surface area contributed by atoms with Gasteiger partial charge < -0.3 is 5.11 Å². The number of aromatic nitrogens is 4. The van der Waals surface area contributed by atoms with Gasteiger partial charge in [-0.3, -0.25) is 0 Å². The Labute approximate surface area is 86.9 Å². The molecule has 1 heterocycles. The van der Waals surface area contributed by atoms with E-state index in [1.807, 2.05) is 4.68 Å².